The summed E-state index contributed by atoms with van der Waals surface area (Å²) in [5, 5.41) is 1.11. The van der Waals surface area contributed by atoms with Crippen LogP contribution < -0.4 is 0 Å². The molecule has 3 heterocycles. The zero-order valence-corrected chi connectivity index (χ0v) is 15.1. The van der Waals surface area contributed by atoms with Crippen molar-refractivity contribution >= 4 is 10.9 Å². The fourth-order valence-corrected chi connectivity index (χ4v) is 4.04. The first kappa shape index (κ1) is 16.3. The molecule has 0 saturated carbocycles. The van der Waals surface area contributed by atoms with Gasteiger partial charge in [-0.15, -0.1) is 0 Å². The number of nitrogens with zero attached hydrogens (tertiary/aromatic N) is 3. The van der Waals surface area contributed by atoms with Gasteiger partial charge in [0.1, 0.15) is 5.82 Å². The molecule has 0 saturated heterocycles. The minimum Gasteiger partial charge on any atom is -0.341 e. The van der Waals surface area contributed by atoms with Crippen molar-refractivity contribution in [2.75, 3.05) is 7.05 Å². The van der Waals surface area contributed by atoms with Gasteiger partial charge < -0.3 is 4.57 Å². The second kappa shape index (κ2) is 6.26. The van der Waals surface area contributed by atoms with E-state index in [0.717, 1.165) is 36.8 Å². The van der Waals surface area contributed by atoms with Crippen LogP contribution in [0.2, 0.25) is 0 Å². The molecule has 25 heavy (non-hydrogen) atoms. The third-order valence-corrected chi connectivity index (χ3v) is 5.61. The molecule has 0 bridgehead atoms. The van der Waals surface area contributed by atoms with E-state index < -0.39 is 0 Å². The number of pyridine rings is 1. The molecule has 4 heteroatoms. The van der Waals surface area contributed by atoms with Crippen LogP contribution in [0.15, 0.2) is 36.7 Å². The molecule has 1 atom stereocenters. The molecule has 0 spiro atoms. The Labute approximate surface area is 148 Å². The molecular weight excluding hydrogens is 313 g/mol. The Kier molecular flexibility index (Phi) is 4.08. The number of aromatic nitrogens is 2. The number of fused-ring (bicyclic) bond motifs is 3. The Balaban J connectivity index is 1.85. The molecule has 2 aromatic heterocycles. The van der Waals surface area contributed by atoms with Gasteiger partial charge in [0.15, 0.2) is 0 Å². The highest BCUT2D eigenvalue weighted by atomic mass is 19.1. The highest BCUT2D eigenvalue weighted by Crippen LogP contribution is 2.35. The third-order valence-electron chi connectivity index (χ3n) is 5.61. The molecule has 4 rings (SSSR count). The summed E-state index contributed by atoms with van der Waals surface area (Å²) in [5.74, 6) is -0.111. The van der Waals surface area contributed by atoms with Gasteiger partial charge in [0.2, 0.25) is 0 Å². The summed E-state index contributed by atoms with van der Waals surface area (Å²) >= 11 is 0. The predicted octanol–water partition coefficient (Wildman–Crippen LogP) is 4.10. The van der Waals surface area contributed by atoms with Crippen LogP contribution in [0, 0.1) is 12.7 Å². The van der Waals surface area contributed by atoms with E-state index in [0.29, 0.717) is 6.04 Å². The van der Waals surface area contributed by atoms with Gasteiger partial charge in [0.05, 0.1) is 5.52 Å². The number of hydrogen-bond acceptors (Lipinski definition) is 2. The summed E-state index contributed by atoms with van der Waals surface area (Å²) < 4.78 is 17.0. The summed E-state index contributed by atoms with van der Waals surface area (Å²) in [6.07, 6.45) is 5.49. The molecule has 1 aliphatic rings. The Morgan fingerprint density at radius 1 is 1.20 bits per heavy atom. The summed E-state index contributed by atoms with van der Waals surface area (Å²) in [6.45, 7) is 6.02. The van der Waals surface area contributed by atoms with E-state index in [1.165, 1.54) is 22.4 Å². The van der Waals surface area contributed by atoms with Crippen LogP contribution in [-0.2, 0) is 25.9 Å². The molecule has 130 valence electrons. The molecule has 1 aliphatic heterocycles. The van der Waals surface area contributed by atoms with Gasteiger partial charge in [-0.1, -0.05) is 6.07 Å². The average Bonchev–Trinajstić information content (AvgIpc) is 2.92. The number of aryl methyl sites for hydroxylation is 3. The maximum absolute atomic E-state index is 14.8. The first-order chi connectivity index (χ1) is 12.1. The Bertz CT molecular complexity index is 914. The molecule has 3 aromatic rings. The summed E-state index contributed by atoms with van der Waals surface area (Å²) in [4.78, 5) is 6.44. The quantitative estimate of drug-likeness (QED) is 0.717. The van der Waals surface area contributed by atoms with E-state index in [1.54, 1.807) is 6.07 Å². The number of hydrogen-bond donors (Lipinski definition) is 0. The molecular formula is C21H24FN3. The van der Waals surface area contributed by atoms with E-state index in [-0.39, 0.29) is 5.82 Å². The van der Waals surface area contributed by atoms with Crippen LogP contribution in [0.1, 0.15) is 29.3 Å². The lowest BCUT2D eigenvalue weighted by atomic mass is 9.98. The van der Waals surface area contributed by atoms with Crippen LogP contribution in [0.4, 0.5) is 4.39 Å². The van der Waals surface area contributed by atoms with E-state index in [9.17, 15) is 4.39 Å². The minimum atomic E-state index is -0.111. The van der Waals surface area contributed by atoms with Crippen molar-refractivity contribution in [1.29, 1.82) is 0 Å². The Morgan fingerprint density at radius 3 is 2.72 bits per heavy atom. The molecule has 1 unspecified atom stereocenters. The topological polar surface area (TPSA) is 21.1 Å². The monoisotopic (exact) mass is 337 g/mol. The van der Waals surface area contributed by atoms with E-state index >= 15 is 0 Å². The van der Waals surface area contributed by atoms with Crippen molar-refractivity contribution in [1.82, 2.24) is 14.5 Å². The second-order valence-electron chi connectivity index (χ2n) is 7.24. The molecule has 0 amide bonds. The highest BCUT2D eigenvalue weighted by Gasteiger charge is 2.28. The lowest BCUT2D eigenvalue weighted by Gasteiger charge is -2.31. The van der Waals surface area contributed by atoms with E-state index in [2.05, 4.69) is 35.3 Å². The highest BCUT2D eigenvalue weighted by molar-refractivity contribution is 5.89. The maximum atomic E-state index is 14.8. The first-order valence-electron chi connectivity index (χ1n) is 8.94. The molecule has 0 N–H and O–H groups in total. The minimum absolute atomic E-state index is 0.111. The van der Waals surface area contributed by atoms with Gasteiger partial charge in [-0.3, -0.25) is 9.88 Å². The van der Waals surface area contributed by atoms with Crippen LogP contribution in [0.25, 0.3) is 10.9 Å². The standard InChI is InChI=1S/C21H24FN3/c1-14-4-5-18(22)21-20(14)17-13-24(3)15(2)12-19(17)25(21)11-8-16-6-9-23-10-7-16/h4-7,9-10,15H,8,11-13H2,1-3H3. The first-order valence-corrected chi connectivity index (χ1v) is 8.94. The zero-order valence-electron chi connectivity index (χ0n) is 15.1. The van der Waals surface area contributed by atoms with E-state index in [4.69, 9.17) is 0 Å². The van der Waals surface area contributed by atoms with Crippen LogP contribution >= 0.6 is 0 Å². The van der Waals surface area contributed by atoms with Crippen molar-refractivity contribution in [3.63, 3.8) is 0 Å². The smallest absolute Gasteiger partial charge is 0.147 e. The normalized spacial score (nSPS) is 17.8. The lowest BCUT2D eigenvalue weighted by Crippen LogP contribution is -2.35. The summed E-state index contributed by atoms with van der Waals surface area (Å²) in [6, 6.07) is 8.06. The number of rotatable bonds is 3. The van der Waals surface area contributed by atoms with Gasteiger partial charge in [-0.25, -0.2) is 4.39 Å². The van der Waals surface area contributed by atoms with Gasteiger partial charge in [-0.2, -0.15) is 0 Å². The fraction of sp³-hybridized carbons (Fsp3) is 0.381. The number of halogens is 1. The molecule has 0 radical (unpaired) electrons. The largest absolute Gasteiger partial charge is 0.341 e. The molecule has 1 aromatic carbocycles. The number of likely N-dealkylation sites (N-methyl/N-ethyl adjacent to an activating group) is 1. The summed E-state index contributed by atoms with van der Waals surface area (Å²) in [7, 11) is 2.16. The third kappa shape index (κ3) is 2.74. The maximum Gasteiger partial charge on any atom is 0.147 e. The lowest BCUT2D eigenvalue weighted by molar-refractivity contribution is 0.228. The summed E-state index contributed by atoms with van der Waals surface area (Å²) in [5.41, 5.74) is 5.80. The van der Waals surface area contributed by atoms with Gasteiger partial charge in [-0.05, 0) is 62.2 Å². The molecule has 0 fully saturated rings. The van der Waals surface area contributed by atoms with Crippen molar-refractivity contribution in [3.8, 4) is 0 Å². The van der Waals surface area contributed by atoms with Crippen molar-refractivity contribution in [2.24, 2.45) is 0 Å². The Hall–Kier alpha value is -2.20. The van der Waals surface area contributed by atoms with Crippen LogP contribution in [0.3, 0.4) is 0 Å². The molecule has 3 nitrogen and oxygen atoms in total. The van der Waals surface area contributed by atoms with Gasteiger partial charge >= 0.3 is 0 Å². The predicted molar refractivity (Wildman–Crippen MR) is 99.2 cm³/mol. The van der Waals surface area contributed by atoms with Gasteiger partial charge in [0, 0.05) is 49.0 Å². The van der Waals surface area contributed by atoms with Crippen LogP contribution in [-0.4, -0.2) is 27.5 Å². The van der Waals surface area contributed by atoms with Crippen molar-refractivity contribution < 1.29 is 4.39 Å². The fourth-order valence-electron chi connectivity index (χ4n) is 4.04. The SMILES string of the molecule is Cc1ccc(F)c2c1c1c(n2CCc2ccncc2)CC(C)N(C)C1. The zero-order chi connectivity index (χ0) is 17.6. The number of benzene rings is 1. The Morgan fingerprint density at radius 2 is 1.96 bits per heavy atom. The average molecular weight is 337 g/mol. The van der Waals surface area contributed by atoms with Crippen LogP contribution in [0.5, 0.6) is 0 Å². The second-order valence-corrected chi connectivity index (χ2v) is 7.24. The molecule has 0 aliphatic carbocycles. The van der Waals surface area contributed by atoms with Crippen molar-refractivity contribution in [3.05, 3.63) is 64.9 Å². The van der Waals surface area contributed by atoms with Crippen molar-refractivity contribution in [2.45, 2.75) is 45.8 Å². The van der Waals surface area contributed by atoms with Gasteiger partial charge in [0.25, 0.3) is 0 Å². The van der Waals surface area contributed by atoms with E-state index in [1.807, 2.05) is 30.6 Å².